The molecular formula is C15H26N4. The maximum Gasteiger partial charge on any atom is 0.128 e. The number of hydrogen-bond acceptors (Lipinski definition) is 4. The summed E-state index contributed by atoms with van der Waals surface area (Å²) in [6.45, 7) is 10.2. The third-order valence-electron chi connectivity index (χ3n) is 3.67. The predicted octanol–water partition coefficient (Wildman–Crippen LogP) is 1.59. The molecule has 1 N–H and O–H groups in total. The molecule has 0 unspecified atom stereocenters. The fourth-order valence-corrected chi connectivity index (χ4v) is 2.50. The molecule has 4 heteroatoms. The number of pyridine rings is 1. The lowest BCUT2D eigenvalue weighted by molar-refractivity contribution is 0.252. The first kappa shape index (κ1) is 14.3. The number of unbranched alkanes of at least 4 members (excludes halogenated alkanes) is 1. The van der Waals surface area contributed by atoms with E-state index < -0.39 is 0 Å². The van der Waals surface area contributed by atoms with Crippen LogP contribution in [0.15, 0.2) is 24.4 Å². The molecule has 0 bridgehead atoms. The molecule has 0 aromatic carbocycles. The highest BCUT2D eigenvalue weighted by Gasteiger charge is 2.16. The highest BCUT2D eigenvalue weighted by atomic mass is 15.3. The molecular weight excluding hydrogens is 236 g/mol. The zero-order valence-corrected chi connectivity index (χ0v) is 12.0. The second-order valence-electron chi connectivity index (χ2n) is 5.08. The van der Waals surface area contributed by atoms with E-state index in [4.69, 9.17) is 0 Å². The molecule has 0 saturated carbocycles. The van der Waals surface area contributed by atoms with E-state index >= 15 is 0 Å². The largest absolute Gasteiger partial charge is 0.354 e. The quantitative estimate of drug-likeness (QED) is 0.756. The highest BCUT2D eigenvalue weighted by molar-refractivity contribution is 5.38. The van der Waals surface area contributed by atoms with Gasteiger partial charge in [0, 0.05) is 32.4 Å². The van der Waals surface area contributed by atoms with E-state index in [0.717, 1.165) is 45.1 Å². The minimum Gasteiger partial charge on any atom is -0.354 e. The Balaban J connectivity index is 1.63. The molecule has 0 amide bonds. The molecule has 19 heavy (non-hydrogen) atoms. The lowest BCUT2D eigenvalue weighted by Crippen LogP contribution is -2.46. The zero-order chi connectivity index (χ0) is 13.3. The Kier molecular flexibility index (Phi) is 6.11. The summed E-state index contributed by atoms with van der Waals surface area (Å²) in [6, 6.07) is 6.14. The van der Waals surface area contributed by atoms with E-state index in [1.54, 1.807) is 0 Å². The normalized spacial score (nSPS) is 16.8. The van der Waals surface area contributed by atoms with Crippen LogP contribution in [0, 0.1) is 0 Å². The zero-order valence-electron chi connectivity index (χ0n) is 12.0. The van der Waals surface area contributed by atoms with Gasteiger partial charge in [-0.2, -0.15) is 0 Å². The van der Waals surface area contributed by atoms with Gasteiger partial charge in [-0.25, -0.2) is 4.98 Å². The van der Waals surface area contributed by atoms with Gasteiger partial charge in [0.05, 0.1) is 0 Å². The van der Waals surface area contributed by atoms with E-state index in [9.17, 15) is 0 Å². The fraction of sp³-hybridized carbons (Fsp3) is 0.667. The number of aromatic nitrogens is 1. The Morgan fingerprint density at radius 1 is 1.16 bits per heavy atom. The van der Waals surface area contributed by atoms with Gasteiger partial charge in [0.15, 0.2) is 0 Å². The molecule has 0 aliphatic carbocycles. The molecule has 1 aliphatic rings. The van der Waals surface area contributed by atoms with E-state index in [0.29, 0.717) is 0 Å². The molecule has 0 radical (unpaired) electrons. The fourth-order valence-electron chi connectivity index (χ4n) is 2.50. The van der Waals surface area contributed by atoms with Crippen LogP contribution in [0.25, 0.3) is 0 Å². The van der Waals surface area contributed by atoms with Crippen molar-refractivity contribution in [1.29, 1.82) is 0 Å². The molecule has 0 spiro atoms. The average molecular weight is 262 g/mol. The van der Waals surface area contributed by atoms with Gasteiger partial charge >= 0.3 is 0 Å². The number of hydrogen-bond donors (Lipinski definition) is 1. The first-order chi connectivity index (χ1) is 9.40. The Hall–Kier alpha value is -1.13. The topological polar surface area (TPSA) is 31.4 Å². The summed E-state index contributed by atoms with van der Waals surface area (Å²) < 4.78 is 0. The summed E-state index contributed by atoms with van der Waals surface area (Å²) in [7, 11) is 0. The van der Waals surface area contributed by atoms with Crippen LogP contribution >= 0.6 is 0 Å². The van der Waals surface area contributed by atoms with Crippen LogP contribution < -0.4 is 10.2 Å². The van der Waals surface area contributed by atoms with Crippen molar-refractivity contribution in [3.05, 3.63) is 24.4 Å². The van der Waals surface area contributed by atoms with Gasteiger partial charge in [0.25, 0.3) is 0 Å². The van der Waals surface area contributed by atoms with E-state index in [1.165, 1.54) is 19.4 Å². The van der Waals surface area contributed by atoms with Gasteiger partial charge in [-0.15, -0.1) is 0 Å². The molecule has 4 nitrogen and oxygen atoms in total. The Labute approximate surface area is 116 Å². The van der Waals surface area contributed by atoms with Crippen molar-refractivity contribution in [2.45, 2.75) is 19.8 Å². The van der Waals surface area contributed by atoms with Crippen molar-refractivity contribution in [2.24, 2.45) is 0 Å². The number of rotatable bonds is 7. The molecule has 2 heterocycles. The van der Waals surface area contributed by atoms with Crippen LogP contribution in [0.3, 0.4) is 0 Å². The molecule has 1 aromatic rings. The maximum absolute atomic E-state index is 4.42. The lowest BCUT2D eigenvalue weighted by Gasteiger charge is -2.35. The van der Waals surface area contributed by atoms with Crippen molar-refractivity contribution in [3.8, 4) is 0 Å². The monoisotopic (exact) mass is 262 g/mol. The predicted molar refractivity (Wildman–Crippen MR) is 80.7 cm³/mol. The van der Waals surface area contributed by atoms with Crippen LogP contribution in [-0.4, -0.2) is 55.7 Å². The Morgan fingerprint density at radius 2 is 2.00 bits per heavy atom. The Bertz CT molecular complexity index is 333. The number of anilines is 1. The maximum atomic E-state index is 4.42. The van der Waals surface area contributed by atoms with Crippen molar-refractivity contribution < 1.29 is 0 Å². The summed E-state index contributed by atoms with van der Waals surface area (Å²) in [5.41, 5.74) is 0. The third kappa shape index (κ3) is 4.80. The molecule has 0 atom stereocenters. The van der Waals surface area contributed by atoms with Crippen LogP contribution in [-0.2, 0) is 0 Å². The molecule has 2 rings (SSSR count). The average Bonchev–Trinajstić information content (AvgIpc) is 2.49. The van der Waals surface area contributed by atoms with Crippen molar-refractivity contribution in [1.82, 2.24) is 15.2 Å². The summed E-state index contributed by atoms with van der Waals surface area (Å²) in [5, 5.41) is 3.38. The SMILES string of the molecule is CCNCCCCN1CCN(c2ccccn2)CC1. The van der Waals surface area contributed by atoms with Crippen LogP contribution in [0.4, 0.5) is 5.82 Å². The minimum atomic E-state index is 1.09. The smallest absolute Gasteiger partial charge is 0.128 e. The van der Waals surface area contributed by atoms with Gasteiger partial charge in [0.1, 0.15) is 5.82 Å². The molecule has 1 aromatic heterocycles. The second kappa shape index (κ2) is 8.12. The second-order valence-corrected chi connectivity index (χ2v) is 5.08. The summed E-state index contributed by atoms with van der Waals surface area (Å²) in [4.78, 5) is 9.38. The standard InChI is InChI=1S/C15H26N4/c1-2-16-8-5-6-10-18-11-13-19(14-12-18)15-7-3-4-9-17-15/h3-4,7,9,16H,2,5-6,8,10-14H2,1H3. The van der Waals surface area contributed by atoms with Crippen LogP contribution in [0.1, 0.15) is 19.8 Å². The lowest BCUT2D eigenvalue weighted by atomic mass is 10.2. The molecule has 1 saturated heterocycles. The number of nitrogens with zero attached hydrogens (tertiary/aromatic N) is 3. The van der Waals surface area contributed by atoms with Crippen molar-refractivity contribution >= 4 is 5.82 Å². The molecule has 1 aliphatic heterocycles. The van der Waals surface area contributed by atoms with Crippen molar-refractivity contribution in [3.63, 3.8) is 0 Å². The highest BCUT2D eigenvalue weighted by Crippen LogP contribution is 2.12. The summed E-state index contributed by atoms with van der Waals surface area (Å²) >= 11 is 0. The van der Waals surface area contributed by atoms with Crippen LogP contribution in [0.2, 0.25) is 0 Å². The van der Waals surface area contributed by atoms with Gasteiger partial charge in [-0.05, 0) is 44.6 Å². The Morgan fingerprint density at radius 3 is 2.68 bits per heavy atom. The molecule has 106 valence electrons. The number of piperazine rings is 1. The first-order valence-electron chi connectivity index (χ1n) is 7.49. The van der Waals surface area contributed by atoms with Gasteiger partial charge in [-0.3, -0.25) is 4.90 Å². The molecule has 1 fully saturated rings. The first-order valence-corrected chi connectivity index (χ1v) is 7.49. The summed E-state index contributed by atoms with van der Waals surface area (Å²) in [5.74, 6) is 1.12. The van der Waals surface area contributed by atoms with Gasteiger partial charge in [-0.1, -0.05) is 13.0 Å². The van der Waals surface area contributed by atoms with Crippen molar-refractivity contribution in [2.75, 3.05) is 50.7 Å². The van der Waals surface area contributed by atoms with Gasteiger partial charge < -0.3 is 10.2 Å². The van der Waals surface area contributed by atoms with Gasteiger partial charge in [0.2, 0.25) is 0 Å². The van der Waals surface area contributed by atoms with E-state index in [-0.39, 0.29) is 0 Å². The number of nitrogens with one attached hydrogen (secondary N) is 1. The summed E-state index contributed by atoms with van der Waals surface area (Å²) in [6.07, 6.45) is 4.47. The van der Waals surface area contributed by atoms with E-state index in [1.807, 2.05) is 12.3 Å². The van der Waals surface area contributed by atoms with Crippen LogP contribution in [0.5, 0.6) is 0 Å². The van der Waals surface area contributed by atoms with E-state index in [2.05, 4.69) is 39.2 Å². The third-order valence-corrected chi connectivity index (χ3v) is 3.67. The minimum absolute atomic E-state index is 1.09.